The van der Waals surface area contributed by atoms with E-state index in [1.165, 1.54) is 12.4 Å². The van der Waals surface area contributed by atoms with Crippen molar-refractivity contribution in [2.75, 3.05) is 5.32 Å². The summed E-state index contributed by atoms with van der Waals surface area (Å²) < 4.78 is 38.0. The second kappa shape index (κ2) is 5.01. The number of anilines is 1. The smallest absolute Gasteiger partial charge is 0.379 e. The van der Waals surface area contributed by atoms with E-state index in [-0.39, 0.29) is 4.47 Å². The van der Waals surface area contributed by atoms with Crippen molar-refractivity contribution in [3.05, 3.63) is 46.5 Å². The van der Waals surface area contributed by atoms with Crippen LogP contribution in [0.25, 0.3) is 0 Å². The maximum atomic E-state index is 12.7. The molecular formula is C11H9BrF3N3. The third kappa shape index (κ3) is 3.04. The van der Waals surface area contributed by atoms with Crippen molar-refractivity contribution in [1.82, 2.24) is 9.97 Å². The fraction of sp³-hybridized carbons (Fsp3) is 0.182. The van der Waals surface area contributed by atoms with Gasteiger partial charge < -0.3 is 10.3 Å². The molecule has 0 amide bonds. The lowest BCUT2D eigenvalue weighted by molar-refractivity contribution is -0.138. The van der Waals surface area contributed by atoms with E-state index in [0.717, 1.165) is 11.8 Å². The Morgan fingerprint density at radius 3 is 2.72 bits per heavy atom. The molecule has 18 heavy (non-hydrogen) atoms. The molecule has 0 unspecified atom stereocenters. The number of H-pyrrole nitrogens is 1. The van der Waals surface area contributed by atoms with E-state index in [4.69, 9.17) is 0 Å². The van der Waals surface area contributed by atoms with Gasteiger partial charge in [0.2, 0.25) is 0 Å². The Balaban J connectivity index is 2.15. The number of halogens is 4. The number of aromatic nitrogens is 2. The molecule has 2 aromatic rings. The summed E-state index contributed by atoms with van der Waals surface area (Å²) in [5.74, 6) is 0. The molecule has 3 nitrogen and oxygen atoms in total. The van der Waals surface area contributed by atoms with Crippen LogP contribution in [0.5, 0.6) is 0 Å². The van der Waals surface area contributed by atoms with Crippen LogP contribution in [-0.4, -0.2) is 9.97 Å². The molecule has 0 atom stereocenters. The van der Waals surface area contributed by atoms with Crippen LogP contribution in [0.1, 0.15) is 11.3 Å². The average molecular weight is 320 g/mol. The first-order chi connectivity index (χ1) is 8.47. The van der Waals surface area contributed by atoms with Crippen molar-refractivity contribution in [3.63, 3.8) is 0 Å². The van der Waals surface area contributed by atoms with Crippen molar-refractivity contribution >= 4 is 21.6 Å². The summed E-state index contributed by atoms with van der Waals surface area (Å²) in [6.45, 7) is 0.388. The highest BCUT2D eigenvalue weighted by Gasteiger charge is 2.33. The van der Waals surface area contributed by atoms with Gasteiger partial charge in [0.05, 0.1) is 24.1 Å². The lowest BCUT2D eigenvalue weighted by Gasteiger charge is -2.12. The molecule has 1 aromatic carbocycles. The molecule has 0 spiro atoms. The van der Waals surface area contributed by atoms with Gasteiger partial charge in [-0.05, 0) is 18.2 Å². The standard InChI is InChI=1S/C11H9BrF3N3/c12-10-2-1-7(3-9(10)11(13,14)15)17-5-8-4-16-6-18-8/h1-4,6,17H,5H2,(H,16,18). The van der Waals surface area contributed by atoms with Crippen LogP contribution in [0.4, 0.5) is 18.9 Å². The van der Waals surface area contributed by atoms with Crippen molar-refractivity contribution < 1.29 is 13.2 Å². The quantitative estimate of drug-likeness (QED) is 0.903. The van der Waals surface area contributed by atoms with E-state index in [9.17, 15) is 13.2 Å². The van der Waals surface area contributed by atoms with Gasteiger partial charge in [-0.3, -0.25) is 0 Å². The lowest BCUT2D eigenvalue weighted by Crippen LogP contribution is -2.07. The van der Waals surface area contributed by atoms with E-state index in [0.29, 0.717) is 12.2 Å². The summed E-state index contributed by atoms with van der Waals surface area (Å²) in [7, 11) is 0. The van der Waals surface area contributed by atoms with Gasteiger partial charge in [-0.25, -0.2) is 4.98 Å². The summed E-state index contributed by atoms with van der Waals surface area (Å²) in [6, 6.07) is 4.02. The summed E-state index contributed by atoms with van der Waals surface area (Å²) in [4.78, 5) is 6.68. The maximum Gasteiger partial charge on any atom is 0.417 e. The van der Waals surface area contributed by atoms with E-state index in [2.05, 4.69) is 31.2 Å². The highest BCUT2D eigenvalue weighted by atomic mass is 79.9. The predicted octanol–water partition coefficient (Wildman–Crippen LogP) is 3.80. The Morgan fingerprint density at radius 1 is 1.33 bits per heavy atom. The molecule has 7 heteroatoms. The number of benzene rings is 1. The van der Waals surface area contributed by atoms with E-state index < -0.39 is 11.7 Å². The van der Waals surface area contributed by atoms with Crippen LogP contribution in [-0.2, 0) is 12.7 Å². The van der Waals surface area contributed by atoms with Gasteiger partial charge in [-0.2, -0.15) is 13.2 Å². The van der Waals surface area contributed by atoms with E-state index >= 15 is 0 Å². The molecule has 0 aliphatic carbocycles. The number of hydrogen-bond acceptors (Lipinski definition) is 2. The van der Waals surface area contributed by atoms with Gasteiger partial charge in [0.1, 0.15) is 0 Å². The van der Waals surface area contributed by atoms with Crippen LogP contribution >= 0.6 is 15.9 Å². The summed E-state index contributed by atoms with van der Waals surface area (Å²) in [5.41, 5.74) is 0.503. The number of rotatable bonds is 3. The minimum absolute atomic E-state index is 0.0297. The number of hydrogen-bond donors (Lipinski definition) is 2. The summed E-state index contributed by atoms with van der Waals surface area (Å²) in [5, 5.41) is 2.89. The Morgan fingerprint density at radius 2 is 2.11 bits per heavy atom. The SMILES string of the molecule is FC(F)(F)c1cc(NCc2cnc[nH]2)ccc1Br. The monoisotopic (exact) mass is 319 g/mol. The summed E-state index contributed by atoms with van der Waals surface area (Å²) >= 11 is 2.89. The van der Waals surface area contributed by atoms with Crippen molar-refractivity contribution in [3.8, 4) is 0 Å². The van der Waals surface area contributed by atoms with Gasteiger partial charge >= 0.3 is 6.18 Å². The highest BCUT2D eigenvalue weighted by molar-refractivity contribution is 9.10. The topological polar surface area (TPSA) is 40.7 Å². The average Bonchev–Trinajstić information content (AvgIpc) is 2.79. The zero-order valence-corrected chi connectivity index (χ0v) is 10.6. The van der Waals surface area contributed by atoms with E-state index in [1.807, 2.05) is 0 Å². The Labute approximate surface area is 110 Å². The van der Waals surface area contributed by atoms with Crippen LogP contribution < -0.4 is 5.32 Å². The first-order valence-corrected chi connectivity index (χ1v) is 5.84. The number of nitrogens with one attached hydrogen (secondary N) is 2. The Bertz CT molecular complexity index is 523. The summed E-state index contributed by atoms with van der Waals surface area (Å²) in [6.07, 6.45) is -1.25. The zero-order chi connectivity index (χ0) is 13.2. The number of aromatic amines is 1. The third-order valence-electron chi connectivity index (χ3n) is 2.31. The first kappa shape index (κ1) is 12.9. The molecule has 0 saturated heterocycles. The van der Waals surface area contributed by atoms with Crippen molar-refractivity contribution in [1.29, 1.82) is 0 Å². The molecule has 2 rings (SSSR count). The van der Waals surface area contributed by atoms with Gasteiger partial charge in [-0.1, -0.05) is 15.9 Å². The number of imidazole rings is 1. The molecule has 0 radical (unpaired) electrons. The van der Waals surface area contributed by atoms with Gasteiger partial charge in [-0.15, -0.1) is 0 Å². The Hall–Kier alpha value is -1.50. The second-order valence-corrected chi connectivity index (χ2v) is 4.48. The Kier molecular flexibility index (Phi) is 3.60. The van der Waals surface area contributed by atoms with Crippen LogP contribution in [0, 0.1) is 0 Å². The second-order valence-electron chi connectivity index (χ2n) is 3.62. The molecule has 96 valence electrons. The van der Waals surface area contributed by atoms with Crippen LogP contribution in [0.2, 0.25) is 0 Å². The predicted molar refractivity (Wildman–Crippen MR) is 65.1 cm³/mol. The minimum Gasteiger partial charge on any atom is -0.379 e. The molecule has 0 saturated carbocycles. The van der Waals surface area contributed by atoms with Crippen LogP contribution in [0.3, 0.4) is 0 Å². The van der Waals surface area contributed by atoms with Crippen molar-refractivity contribution in [2.45, 2.75) is 12.7 Å². The van der Waals surface area contributed by atoms with Gasteiger partial charge in [0.25, 0.3) is 0 Å². The minimum atomic E-state index is -4.37. The molecular weight excluding hydrogens is 311 g/mol. The molecule has 1 aromatic heterocycles. The van der Waals surface area contributed by atoms with Gasteiger partial charge in [0.15, 0.2) is 0 Å². The first-order valence-electron chi connectivity index (χ1n) is 5.04. The molecule has 2 N–H and O–H groups in total. The fourth-order valence-corrected chi connectivity index (χ4v) is 1.90. The van der Waals surface area contributed by atoms with E-state index in [1.54, 1.807) is 12.3 Å². The highest BCUT2D eigenvalue weighted by Crippen LogP contribution is 2.36. The fourth-order valence-electron chi connectivity index (χ4n) is 1.43. The molecule has 0 bridgehead atoms. The van der Waals surface area contributed by atoms with Crippen molar-refractivity contribution in [2.24, 2.45) is 0 Å². The molecule has 1 heterocycles. The maximum absolute atomic E-state index is 12.7. The lowest BCUT2D eigenvalue weighted by atomic mass is 10.2. The third-order valence-corrected chi connectivity index (χ3v) is 3.00. The number of nitrogens with zero attached hydrogens (tertiary/aromatic N) is 1. The largest absolute Gasteiger partial charge is 0.417 e. The molecule has 0 aliphatic rings. The number of alkyl halides is 3. The molecule has 0 fully saturated rings. The molecule has 0 aliphatic heterocycles. The normalized spacial score (nSPS) is 11.6. The van der Waals surface area contributed by atoms with Gasteiger partial charge in [0, 0.05) is 16.4 Å². The van der Waals surface area contributed by atoms with Crippen LogP contribution in [0.15, 0.2) is 35.2 Å². The zero-order valence-electron chi connectivity index (χ0n) is 9.05.